The Bertz CT molecular complexity index is 473. The number of methoxy groups -OCH3 is 1. The summed E-state index contributed by atoms with van der Waals surface area (Å²) in [5.74, 6) is -0.365. The zero-order chi connectivity index (χ0) is 15.7. The Morgan fingerprint density at radius 2 is 2.05 bits per heavy atom. The van der Waals surface area contributed by atoms with E-state index in [-0.39, 0.29) is 11.8 Å². The SMILES string of the molecule is CCN(CC)C(=O)c1cc(C(=O)NCCCOC)ccn1. The fourth-order valence-corrected chi connectivity index (χ4v) is 1.88. The van der Waals surface area contributed by atoms with E-state index >= 15 is 0 Å². The van der Waals surface area contributed by atoms with Crippen LogP contribution in [0.2, 0.25) is 0 Å². The van der Waals surface area contributed by atoms with E-state index in [4.69, 9.17) is 4.74 Å². The third kappa shape index (κ3) is 5.15. The highest BCUT2D eigenvalue weighted by Crippen LogP contribution is 2.06. The maximum Gasteiger partial charge on any atom is 0.272 e. The molecule has 0 saturated carbocycles. The van der Waals surface area contributed by atoms with E-state index in [1.54, 1.807) is 18.1 Å². The van der Waals surface area contributed by atoms with Gasteiger partial charge >= 0.3 is 0 Å². The van der Waals surface area contributed by atoms with E-state index in [9.17, 15) is 9.59 Å². The number of rotatable bonds is 8. The van der Waals surface area contributed by atoms with E-state index in [1.807, 2.05) is 13.8 Å². The third-order valence-electron chi connectivity index (χ3n) is 3.10. The number of amides is 2. The summed E-state index contributed by atoms with van der Waals surface area (Å²) in [6.07, 6.45) is 2.24. The van der Waals surface area contributed by atoms with Crippen molar-refractivity contribution in [2.45, 2.75) is 20.3 Å². The Balaban J connectivity index is 2.71. The molecule has 0 aromatic carbocycles. The summed E-state index contributed by atoms with van der Waals surface area (Å²) in [6, 6.07) is 3.14. The standard InChI is InChI=1S/C15H23N3O3/c1-4-18(5-2)15(20)13-11-12(7-9-16-13)14(19)17-8-6-10-21-3/h7,9,11H,4-6,8,10H2,1-3H3,(H,17,19). The summed E-state index contributed by atoms with van der Waals surface area (Å²) in [5.41, 5.74) is 0.737. The van der Waals surface area contributed by atoms with Gasteiger partial charge in [-0.05, 0) is 32.4 Å². The van der Waals surface area contributed by atoms with Crippen molar-refractivity contribution in [3.05, 3.63) is 29.6 Å². The molecule has 0 atom stereocenters. The van der Waals surface area contributed by atoms with Crippen LogP contribution in [0.4, 0.5) is 0 Å². The molecule has 0 bridgehead atoms. The number of hydrogen-bond acceptors (Lipinski definition) is 4. The Morgan fingerprint density at radius 1 is 1.33 bits per heavy atom. The number of nitrogens with zero attached hydrogens (tertiary/aromatic N) is 2. The van der Waals surface area contributed by atoms with Gasteiger partial charge in [-0.1, -0.05) is 0 Å². The molecule has 0 aliphatic heterocycles. The highest BCUT2D eigenvalue weighted by atomic mass is 16.5. The lowest BCUT2D eigenvalue weighted by atomic mass is 10.2. The smallest absolute Gasteiger partial charge is 0.272 e. The summed E-state index contributed by atoms with van der Waals surface area (Å²) >= 11 is 0. The molecule has 2 amide bonds. The summed E-state index contributed by atoms with van der Waals surface area (Å²) < 4.78 is 4.92. The van der Waals surface area contributed by atoms with Crippen molar-refractivity contribution >= 4 is 11.8 Å². The van der Waals surface area contributed by atoms with Gasteiger partial charge in [0.25, 0.3) is 11.8 Å². The monoisotopic (exact) mass is 293 g/mol. The molecule has 21 heavy (non-hydrogen) atoms. The second-order valence-corrected chi connectivity index (χ2v) is 4.51. The van der Waals surface area contributed by atoms with Crippen LogP contribution in [0.25, 0.3) is 0 Å². The fourth-order valence-electron chi connectivity index (χ4n) is 1.88. The largest absolute Gasteiger partial charge is 0.385 e. The van der Waals surface area contributed by atoms with Crippen LogP contribution in [-0.4, -0.2) is 55.0 Å². The first-order valence-electron chi connectivity index (χ1n) is 7.16. The van der Waals surface area contributed by atoms with Crippen LogP contribution in [0.1, 0.15) is 41.1 Å². The minimum absolute atomic E-state index is 0.158. The van der Waals surface area contributed by atoms with Crippen molar-refractivity contribution < 1.29 is 14.3 Å². The van der Waals surface area contributed by atoms with Gasteiger partial charge in [0.1, 0.15) is 5.69 Å². The van der Waals surface area contributed by atoms with Crippen LogP contribution >= 0.6 is 0 Å². The Kier molecular flexibility index (Phi) is 7.39. The molecule has 0 aliphatic carbocycles. The molecule has 1 aromatic heterocycles. The highest BCUT2D eigenvalue weighted by molar-refractivity contribution is 5.98. The average molecular weight is 293 g/mol. The van der Waals surface area contributed by atoms with Gasteiger partial charge in [-0.3, -0.25) is 14.6 Å². The number of hydrogen-bond donors (Lipinski definition) is 1. The molecule has 1 N–H and O–H groups in total. The van der Waals surface area contributed by atoms with Crippen molar-refractivity contribution in [3.63, 3.8) is 0 Å². The maximum atomic E-state index is 12.2. The van der Waals surface area contributed by atoms with Gasteiger partial charge in [0.15, 0.2) is 0 Å². The molecule has 0 radical (unpaired) electrons. The lowest BCUT2D eigenvalue weighted by molar-refractivity contribution is 0.0767. The number of aromatic nitrogens is 1. The van der Waals surface area contributed by atoms with Gasteiger partial charge in [0.05, 0.1) is 0 Å². The molecule has 0 spiro atoms. The summed E-state index contributed by atoms with van der Waals surface area (Å²) in [4.78, 5) is 29.9. The van der Waals surface area contributed by atoms with Crippen LogP contribution in [-0.2, 0) is 4.74 Å². The number of carbonyl (C=O) groups is 2. The predicted octanol–water partition coefficient (Wildman–Crippen LogP) is 1.33. The summed E-state index contributed by atoms with van der Waals surface area (Å²) in [6.45, 7) is 6.19. The maximum absolute atomic E-state index is 12.2. The van der Waals surface area contributed by atoms with Crippen LogP contribution < -0.4 is 5.32 Å². The summed E-state index contributed by atoms with van der Waals surface area (Å²) in [5, 5.41) is 2.79. The Hall–Kier alpha value is -1.95. The van der Waals surface area contributed by atoms with Crippen LogP contribution in [0.3, 0.4) is 0 Å². The van der Waals surface area contributed by atoms with Crippen molar-refractivity contribution in [3.8, 4) is 0 Å². The number of nitrogens with one attached hydrogen (secondary N) is 1. The van der Waals surface area contributed by atoms with E-state index in [0.29, 0.717) is 37.5 Å². The molecule has 1 aromatic rings. The van der Waals surface area contributed by atoms with Crippen molar-refractivity contribution in [2.24, 2.45) is 0 Å². The first kappa shape index (κ1) is 17.1. The molecule has 116 valence electrons. The zero-order valence-electron chi connectivity index (χ0n) is 12.9. The molecule has 0 unspecified atom stereocenters. The van der Waals surface area contributed by atoms with Gasteiger partial charge < -0.3 is 15.0 Å². The van der Waals surface area contributed by atoms with E-state index in [2.05, 4.69) is 10.3 Å². The van der Waals surface area contributed by atoms with Crippen LogP contribution in [0.5, 0.6) is 0 Å². The topological polar surface area (TPSA) is 71.5 Å². The lowest BCUT2D eigenvalue weighted by Gasteiger charge is -2.18. The first-order chi connectivity index (χ1) is 10.1. The zero-order valence-corrected chi connectivity index (χ0v) is 12.9. The third-order valence-corrected chi connectivity index (χ3v) is 3.10. The van der Waals surface area contributed by atoms with Crippen molar-refractivity contribution in [2.75, 3.05) is 33.4 Å². The normalized spacial score (nSPS) is 10.2. The van der Waals surface area contributed by atoms with E-state index in [0.717, 1.165) is 6.42 Å². The lowest BCUT2D eigenvalue weighted by Crippen LogP contribution is -2.31. The van der Waals surface area contributed by atoms with Crippen LogP contribution in [0, 0.1) is 0 Å². The fraction of sp³-hybridized carbons (Fsp3) is 0.533. The highest BCUT2D eigenvalue weighted by Gasteiger charge is 2.15. The second-order valence-electron chi connectivity index (χ2n) is 4.51. The number of ether oxygens (including phenoxy) is 1. The molecule has 6 heteroatoms. The second kappa shape index (κ2) is 9.07. The number of carbonyl (C=O) groups excluding carboxylic acids is 2. The first-order valence-corrected chi connectivity index (χ1v) is 7.16. The van der Waals surface area contributed by atoms with E-state index in [1.165, 1.54) is 12.3 Å². The average Bonchev–Trinajstić information content (AvgIpc) is 2.52. The molecule has 0 aliphatic rings. The van der Waals surface area contributed by atoms with Crippen molar-refractivity contribution in [1.29, 1.82) is 0 Å². The molecule has 0 fully saturated rings. The van der Waals surface area contributed by atoms with E-state index < -0.39 is 0 Å². The molecular formula is C15H23N3O3. The minimum Gasteiger partial charge on any atom is -0.385 e. The summed E-state index contributed by atoms with van der Waals surface area (Å²) in [7, 11) is 1.62. The van der Waals surface area contributed by atoms with Crippen LogP contribution in [0.15, 0.2) is 18.3 Å². The molecular weight excluding hydrogens is 270 g/mol. The van der Waals surface area contributed by atoms with Gasteiger partial charge in [-0.25, -0.2) is 0 Å². The molecule has 6 nitrogen and oxygen atoms in total. The predicted molar refractivity (Wildman–Crippen MR) is 80.3 cm³/mol. The minimum atomic E-state index is -0.206. The van der Waals surface area contributed by atoms with Gasteiger partial charge in [0.2, 0.25) is 0 Å². The Morgan fingerprint density at radius 3 is 2.67 bits per heavy atom. The molecule has 1 rings (SSSR count). The van der Waals surface area contributed by atoms with Gasteiger partial charge in [0, 0.05) is 45.1 Å². The molecule has 1 heterocycles. The Labute approximate surface area is 125 Å². The van der Waals surface area contributed by atoms with Gasteiger partial charge in [-0.2, -0.15) is 0 Å². The number of pyridine rings is 1. The molecule has 0 saturated heterocycles. The quantitative estimate of drug-likeness (QED) is 0.734. The van der Waals surface area contributed by atoms with Crippen molar-refractivity contribution in [1.82, 2.24) is 15.2 Å². The van der Waals surface area contributed by atoms with Gasteiger partial charge in [-0.15, -0.1) is 0 Å².